The Morgan fingerprint density at radius 2 is 1.75 bits per heavy atom. The third-order valence-electron chi connectivity index (χ3n) is 12.9. The molecule has 5 rings (SSSR count). The number of pyridine rings is 1. The van der Waals surface area contributed by atoms with Crippen LogP contribution in [0.2, 0.25) is 0 Å². The number of aryl methyl sites for hydroxylation is 1. The Labute approximate surface area is 352 Å². The number of hydrogen-bond acceptors (Lipinski definition) is 13. The third-order valence-corrected chi connectivity index (χ3v) is 12.9. The quantitative estimate of drug-likeness (QED) is 0.0969. The summed E-state index contributed by atoms with van der Waals surface area (Å²) in [6.45, 7) is 16.9. The molecule has 3 fully saturated rings. The maximum absolute atomic E-state index is 14.8. The molecule has 60 heavy (non-hydrogen) atoms. The van der Waals surface area contributed by atoms with E-state index < -0.39 is 89.3 Å². The zero-order valence-corrected chi connectivity index (χ0v) is 36.7. The number of halogens is 1. The van der Waals surface area contributed by atoms with Crippen LogP contribution in [0.15, 0.2) is 43.5 Å². The van der Waals surface area contributed by atoms with Crippen LogP contribution in [0.25, 0.3) is 11.3 Å². The molecule has 5 heterocycles. The lowest BCUT2D eigenvalue weighted by molar-refractivity contribution is -0.295. The number of cyclic esters (lactones) is 1. The van der Waals surface area contributed by atoms with E-state index >= 15 is 0 Å². The second kappa shape index (κ2) is 19.3. The van der Waals surface area contributed by atoms with E-state index in [9.17, 15) is 28.7 Å². The van der Waals surface area contributed by atoms with Crippen LogP contribution in [0.1, 0.15) is 80.6 Å². The van der Waals surface area contributed by atoms with Gasteiger partial charge in [0.1, 0.15) is 23.9 Å². The van der Waals surface area contributed by atoms with E-state index in [4.69, 9.17) is 23.7 Å². The highest BCUT2D eigenvalue weighted by atomic mass is 19.1. The van der Waals surface area contributed by atoms with Gasteiger partial charge in [0.25, 0.3) is 0 Å². The topological polar surface area (TPSA) is 172 Å². The molecule has 0 spiro atoms. The van der Waals surface area contributed by atoms with Crippen molar-refractivity contribution in [2.75, 3.05) is 27.7 Å². The van der Waals surface area contributed by atoms with Gasteiger partial charge in [0.2, 0.25) is 5.95 Å². The van der Waals surface area contributed by atoms with E-state index in [0.717, 1.165) is 0 Å². The maximum atomic E-state index is 14.8. The highest BCUT2D eigenvalue weighted by Gasteiger charge is 2.61. The van der Waals surface area contributed by atoms with Gasteiger partial charge >= 0.3 is 12.1 Å². The van der Waals surface area contributed by atoms with E-state index in [1.807, 2.05) is 36.7 Å². The van der Waals surface area contributed by atoms with E-state index in [2.05, 4.69) is 16.5 Å². The van der Waals surface area contributed by atoms with Crippen molar-refractivity contribution in [1.29, 1.82) is 0 Å². The molecule has 2 aromatic rings. The number of ketones is 2. The minimum absolute atomic E-state index is 0.0873. The molecule has 3 aliphatic rings. The van der Waals surface area contributed by atoms with Crippen LogP contribution in [-0.2, 0) is 44.6 Å². The van der Waals surface area contributed by atoms with Gasteiger partial charge in [-0.25, -0.2) is 14.8 Å². The molecule has 0 radical (unpaired) electrons. The first kappa shape index (κ1) is 47.0. The number of hydrogen-bond donors (Lipinski definition) is 1. The first-order chi connectivity index (χ1) is 28.3. The molecule has 1 unspecified atom stereocenters. The molecule has 0 bridgehead atoms. The first-order valence-corrected chi connectivity index (χ1v) is 21.1. The predicted octanol–water partition coefficient (Wildman–Crippen LogP) is 5.23. The molecular formula is C44H64FN5O10. The molecule has 16 heteroatoms. The average molecular weight is 842 g/mol. The summed E-state index contributed by atoms with van der Waals surface area (Å²) in [5.74, 6) is -5.92. The lowest BCUT2D eigenvalue weighted by atomic mass is 9.72. The van der Waals surface area contributed by atoms with Gasteiger partial charge in [0.05, 0.1) is 35.9 Å². The summed E-state index contributed by atoms with van der Waals surface area (Å²) in [4.78, 5) is 68.7. The molecule has 15 nitrogen and oxygen atoms in total. The van der Waals surface area contributed by atoms with Gasteiger partial charge in [0.15, 0.2) is 17.7 Å². The van der Waals surface area contributed by atoms with Crippen molar-refractivity contribution in [3.8, 4) is 11.3 Å². The fourth-order valence-electron chi connectivity index (χ4n) is 9.42. The molecule has 1 amide bonds. The number of ether oxygens (including phenoxy) is 5. The Kier molecular flexibility index (Phi) is 15.1. The lowest BCUT2D eigenvalue weighted by Gasteiger charge is -2.47. The van der Waals surface area contributed by atoms with Crippen molar-refractivity contribution in [3.63, 3.8) is 0 Å². The van der Waals surface area contributed by atoms with E-state index in [1.54, 1.807) is 47.0 Å². The SMILES string of the molecule is C=C[C@]12OC(=O)N(CCCCn3cnc(-c4ccc(F)nc4)c3)[C@H]1[C@H](C)C(=O)[C@H](C)C[C@](C)(OC)[C@H](OC1O[C@H](C)C[C@H](N(C)C)[C@H]1O)[C@@H](C)C(=O)[C@@H](C)C(=O)O[C@H]2CC. The standard InChI is InChI=1S/C44H64FN5O10/c1-12-33-44(13-2)38(50(42(55)60-44)19-15-14-18-49-23-31(47-24-49)30-16-17-34(45)46-22-30)27(5)35(51)25(3)21-43(8,56-11)39(28(6)36(52)29(7)40(54)58-33)59-41-37(53)32(48(9)10)20-26(4)57-41/h13,16-17,22-29,32-33,37-39,41,53H,2,12,14-15,18-21H2,1,3-11H3/t25-,26-,27-,28+,29-,32+,33+,37-,38+,39-,41?,43+,44-/m1/s1. The van der Waals surface area contributed by atoms with Gasteiger partial charge in [0, 0.05) is 62.0 Å². The average Bonchev–Trinajstić information content (AvgIpc) is 3.81. The van der Waals surface area contributed by atoms with E-state index in [1.165, 1.54) is 37.3 Å². The largest absolute Gasteiger partial charge is 0.457 e. The molecule has 0 aliphatic carbocycles. The molecule has 13 atom stereocenters. The number of nitrogens with zero attached hydrogens (tertiary/aromatic N) is 5. The summed E-state index contributed by atoms with van der Waals surface area (Å²) >= 11 is 0. The normalized spacial score (nSPS) is 35.8. The number of imidazole rings is 1. The molecule has 1 N–H and O–H groups in total. The van der Waals surface area contributed by atoms with Crippen molar-refractivity contribution in [2.24, 2.45) is 23.7 Å². The van der Waals surface area contributed by atoms with Crippen molar-refractivity contribution in [3.05, 3.63) is 49.5 Å². The monoisotopic (exact) mass is 841 g/mol. The van der Waals surface area contributed by atoms with Gasteiger partial charge in [-0.15, -0.1) is 0 Å². The third kappa shape index (κ3) is 9.52. The van der Waals surface area contributed by atoms with Gasteiger partial charge in [-0.2, -0.15) is 4.39 Å². The Bertz CT molecular complexity index is 1840. The number of carbonyl (C=O) groups is 4. The predicted molar refractivity (Wildman–Crippen MR) is 219 cm³/mol. The van der Waals surface area contributed by atoms with Crippen molar-refractivity contribution in [1.82, 2.24) is 24.3 Å². The highest BCUT2D eigenvalue weighted by molar-refractivity contribution is 6.00. The van der Waals surface area contributed by atoms with Gasteiger partial charge in [-0.1, -0.05) is 34.3 Å². The zero-order chi connectivity index (χ0) is 44.3. The maximum Gasteiger partial charge on any atom is 0.411 e. The first-order valence-electron chi connectivity index (χ1n) is 21.1. The fourth-order valence-corrected chi connectivity index (χ4v) is 9.42. The number of unbranched alkanes of at least 4 members (excludes halogenated alkanes) is 1. The Hall–Kier alpha value is -4.09. The van der Waals surface area contributed by atoms with Gasteiger partial charge < -0.3 is 38.3 Å². The Morgan fingerprint density at radius 1 is 1.05 bits per heavy atom. The summed E-state index contributed by atoms with van der Waals surface area (Å²) in [5.41, 5.74) is -1.61. The van der Waals surface area contributed by atoms with Crippen molar-refractivity contribution in [2.45, 2.75) is 141 Å². The number of aliphatic hydroxyl groups excluding tert-OH is 1. The van der Waals surface area contributed by atoms with Crippen LogP contribution >= 0.6 is 0 Å². The number of carbonyl (C=O) groups excluding carboxylic acids is 4. The van der Waals surface area contributed by atoms with Crippen LogP contribution in [0.5, 0.6) is 0 Å². The van der Waals surface area contributed by atoms with Crippen LogP contribution in [-0.4, -0.2) is 135 Å². The smallest absolute Gasteiger partial charge is 0.411 e. The van der Waals surface area contributed by atoms with E-state index in [-0.39, 0.29) is 37.3 Å². The van der Waals surface area contributed by atoms with Crippen LogP contribution in [0.4, 0.5) is 9.18 Å². The number of esters is 1. The number of likely N-dealkylation sites (N-methyl/N-ethyl adjacent to an activating group) is 1. The lowest BCUT2D eigenvalue weighted by Crippen LogP contribution is -2.60. The van der Waals surface area contributed by atoms with Gasteiger partial charge in [-0.3, -0.25) is 19.3 Å². The van der Waals surface area contributed by atoms with Crippen LogP contribution in [0.3, 0.4) is 0 Å². The molecule has 0 saturated carbocycles. The van der Waals surface area contributed by atoms with Crippen LogP contribution < -0.4 is 0 Å². The molecule has 3 aliphatic heterocycles. The number of amides is 1. The van der Waals surface area contributed by atoms with Gasteiger partial charge in [-0.05, 0) is 85.2 Å². The summed E-state index contributed by atoms with van der Waals surface area (Å²) in [5, 5.41) is 11.5. The number of methoxy groups -OCH3 is 1. The minimum atomic E-state index is -1.62. The molecular weight excluding hydrogens is 778 g/mol. The number of aliphatic hydroxyl groups is 1. The Balaban J connectivity index is 1.45. The molecule has 0 aromatic carbocycles. The molecule has 3 saturated heterocycles. The van der Waals surface area contributed by atoms with Crippen LogP contribution in [0, 0.1) is 29.6 Å². The summed E-state index contributed by atoms with van der Waals surface area (Å²) in [7, 11) is 5.20. The van der Waals surface area contributed by atoms with E-state index in [0.29, 0.717) is 37.1 Å². The van der Waals surface area contributed by atoms with Crippen molar-refractivity contribution >= 4 is 23.6 Å². The number of rotatable bonds is 12. The fraction of sp³-hybridized carbons (Fsp3) is 0.682. The van der Waals surface area contributed by atoms with Crippen molar-refractivity contribution < 1.29 is 52.4 Å². The number of aromatic nitrogens is 3. The molecule has 2 aromatic heterocycles. The summed E-state index contributed by atoms with van der Waals surface area (Å²) < 4.78 is 46.5. The minimum Gasteiger partial charge on any atom is -0.457 e. The number of Topliss-reactive ketones (excluding diaryl/α,β-unsaturated/α-hetero) is 2. The Morgan fingerprint density at radius 3 is 2.37 bits per heavy atom. The molecule has 332 valence electrons. The summed E-state index contributed by atoms with van der Waals surface area (Å²) in [6.07, 6.45) is 3.01. The summed E-state index contributed by atoms with van der Waals surface area (Å²) in [6, 6.07) is 1.66. The second-order valence-corrected chi connectivity index (χ2v) is 17.3. The second-order valence-electron chi connectivity index (χ2n) is 17.3. The zero-order valence-electron chi connectivity index (χ0n) is 36.7. The number of fused-ring (bicyclic) bond motifs is 1. The highest BCUT2D eigenvalue weighted by Crippen LogP contribution is 2.44.